The van der Waals surface area contributed by atoms with E-state index in [1.165, 1.54) is 6.92 Å². The smallest absolute Gasteiger partial charge is 0.405 e. The van der Waals surface area contributed by atoms with Gasteiger partial charge in [-0.2, -0.15) is 0 Å². The highest BCUT2D eigenvalue weighted by Crippen LogP contribution is 2.39. The van der Waals surface area contributed by atoms with Crippen molar-refractivity contribution in [1.82, 2.24) is 5.32 Å². The Morgan fingerprint density at radius 3 is 2.42 bits per heavy atom. The summed E-state index contributed by atoms with van der Waals surface area (Å²) >= 11 is 0. The normalized spacial score (nSPS) is 19.0. The number of nitrogens with two attached hydrogens (primary N) is 1. The van der Waals surface area contributed by atoms with E-state index in [0.717, 1.165) is 27.9 Å². The lowest BCUT2D eigenvalue weighted by molar-refractivity contribution is -0.117. The third-order valence-corrected chi connectivity index (χ3v) is 4.84. The van der Waals surface area contributed by atoms with Crippen LogP contribution in [0.15, 0.2) is 42.5 Å². The van der Waals surface area contributed by atoms with Crippen molar-refractivity contribution >= 4 is 17.7 Å². The Labute approximate surface area is 152 Å². The fourth-order valence-corrected chi connectivity index (χ4v) is 3.64. The molecule has 6 heteroatoms. The van der Waals surface area contributed by atoms with Gasteiger partial charge in [0.05, 0.1) is 6.04 Å². The molecule has 0 saturated carbocycles. The number of fused-ring (bicyclic) bond motifs is 1. The number of anilines is 1. The Hall–Kier alpha value is -2.86. The molecule has 6 nitrogen and oxygen atoms in total. The highest BCUT2D eigenvalue weighted by atomic mass is 16.4. The van der Waals surface area contributed by atoms with Gasteiger partial charge >= 0.3 is 6.09 Å². The van der Waals surface area contributed by atoms with Crippen molar-refractivity contribution in [2.45, 2.75) is 38.9 Å². The number of hydrogen-bond acceptors (Lipinski definition) is 3. The van der Waals surface area contributed by atoms with Crippen LogP contribution in [0, 0.1) is 0 Å². The van der Waals surface area contributed by atoms with Gasteiger partial charge in [0.2, 0.25) is 5.91 Å². The number of benzene rings is 2. The zero-order valence-corrected chi connectivity index (χ0v) is 14.9. The van der Waals surface area contributed by atoms with Crippen molar-refractivity contribution in [3.05, 3.63) is 53.6 Å². The van der Waals surface area contributed by atoms with Gasteiger partial charge in [0.1, 0.15) is 0 Å². The van der Waals surface area contributed by atoms with Crippen molar-refractivity contribution in [3.8, 4) is 11.1 Å². The van der Waals surface area contributed by atoms with Gasteiger partial charge in [-0.15, -0.1) is 0 Å². The third kappa shape index (κ3) is 3.41. The molecule has 0 spiro atoms. The fraction of sp³-hybridized carbons (Fsp3) is 0.300. The van der Waals surface area contributed by atoms with Gasteiger partial charge in [-0.1, -0.05) is 30.3 Å². The van der Waals surface area contributed by atoms with Crippen LogP contribution in [0.2, 0.25) is 0 Å². The van der Waals surface area contributed by atoms with Crippen molar-refractivity contribution in [1.29, 1.82) is 0 Å². The van der Waals surface area contributed by atoms with E-state index < -0.39 is 6.09 Å². The number of rotatable bonds is 3. The molecule has 26 heavy (non-hydrogen) atoms. The molecule has 1 aliphatic rings. The zero-order chi connectivity index (χ0) is 18.8. The quantitative estimate of drug-likeness (QED) is 0.789. The molecule has 3 rings (SSSR count). The number of carbonyl (C=O) groups is 2. The first-order chi connectivity index (χ1) is 12.4. The summed E-state index contributed by atoms with van der Waals surface area (Å²) in [6, 6.07) is 13.3. The van der Waals surface area contributed by atoms with Gasteiger partial charge in [0, 0.05) is 25.2 Å². The average molecular weight is 353 g/mol. The molecular formula is C20H23N3O3. The number of amides is 2. The lowest BCUT2D eigenvalue weighted by Gasteiger charge is -2.39. The van der Waals surface area contributed by atoms with Gasteiger partial charge in [-0.25, -0.2) is 4.79 Å². The zero-order valence-electron chi connectivity index (χ0n) is 14.9. The van der Waals surface area contributed by atoms with Crippen LogP contribution in [-0.2, 0) is 11.3 Å². The molecule has 2 atom stereocenters. The van der Waals surface area contributed by atoms with Crippen LogP contribution >= 0.6 is 0 Å². The van der Waals surface area contributed by atoms with Crippen LogP contribution in [0.5, 0.6) is 0 Å². The number of hydrogen-bond donors (Lipinski definition) is 3. The lowest BCUT2D eigenvalue weighted by Crippen LogP contribution is -2.45. The summed E-state index contributed by atoms with van der Waals surface area (Å²) in [6.45, 7) is 3.95. The van der Waals surface area contributed by atoms with E-state index in [1.54, 1.807) is 4.90 Å². The summed E-state index contributed by atoms with van der Waals surface area (Å²) in [6.07, 6.45) is -0.531. The lowest BCUT2D eigenvalue weighted by atomic mass is 9.89. The molecular weight excluding hydrogens is 330 g/mol. The van der Waals surface area contributed by atoms with E-state index in [4.69, 9.17) is 5.73 Å². The predicted molar refractivity (Wildman–Crippen MR) is 101 cm³/mol. The molecule has 0 aliphatic carbocycles. The largest absolute Gasteiger partial charge is 0.465 e. The van der Waals surface area contributed by atoms with Gasteiger partial charge in [-0.05, 0) is 47.7 Å². The van der Waals surface area contributed by atoms with E-state index >= 15 is 0 Å². The maximum atomic E-state index is 12.1. The predicted octanol–water partition coefficient (Wildman–Crippen LogP) is 3.27. The van der Waals surface area contributed by atoms with Gasteiger partial charge in [-0.3, -0.25) is 4.79 Å². The van der Waals surface area contributed by atoms with Crippen LogP contribution in [0.4, 0.5) is 10.5 Å². The molecule has 1 heterocycles. The summed E-state index contributed by atoms with van der Waals surface area (Å²) in [7, 11) is 0. The van der Waals surface area contributed by atoms with Crippen molar-refractivity contribution in [2.75, 3.05) is 4.90 Å². The monoisotopic (exact) mass is 353 g/mol. The SMILES string of the molecule is CC(=O)N1c2ccc(-c3ccc(CN)cc3)cc2[C@H](NC(=O)O)C[C@@H]1C. The van der Waals surface area contributed by atoms with E-state index in [9.17, 15) is 14.7 Å². The topological polar surface area (TPSA) is 95.7 Å². The minimum atomic E-state index is -1.07. The molecule has 2 aromatic rings. The Morgan fingerprint density at radius 1 is 1.19 bits per heavy atom. The molecule has 0 saturated heterocycles. The Kier molecular flexibility index (Phi) is 4.95. The molecule has 0 bridgehead atoms. The van der Waals surface area contributed by atoms with Crippen molar-refractivity contribution in [2.24, 2.45) is 5.73 Å². The molecule has 2 aromatic carbocycles. The van der Waals surface area contributed by atoms with E-state index in [-0.39, 0.29) is 18.0 Å². The Morgan fingerprint density at radius 2 is 1.85 bits per heavy atom. The van der Waals surface area contributed by atoms with E-state index in [1.807, 2.05) is 49.4 Å². The summed E-state index contributed by atoms with van der Waals surface area (Å²) in [4.78, 5) is 25.1. The summed E-state index contributed by atoms with van der Waals surface area (Å²) in [5.41, 5.74) is 10.3. The summed E-state index contributed by atoms with van der Waals surface area (Å²) < 4.78 is 0. The summed E-state index contributed by atoms with van der Waals surface area (Å²) in [5, 5.41) is 11.8. The molecule has 1 aliphatic heterocycles. The standard InChI is InChI=1S/C20H23N3O3/c1-12-9-18(22-20(25)26)17-10-16(7-8-19(17)23(12)13(2)24)15-5-3-14(11-21)4-6-15/h3-8,10,12,18,22H,9,11,21H2,1-2H3,(H,25,26)/t12-,18+/m0/s1. The minimum absolute atomic E-state index is 0.0485. The highest BCUT2D eigenvalue weighted by molar-refractivity contribution is 5.94. The van der Waals surface area contributed by atoms with Gasteiger partial charge < -0.3 is 21.1 Å². The van der Waals surface area contributed by atoms with Gasteiger partial charge in [0.25, 0.3) is 0 Å². The van der Waals surface area contributed by atoms with Crippen molar-refractivity contribution < 1.29 is 14.7 Å². The van der Waals surface area contributed by atoms with E-state index in [0.29, 0.717) is 13.0 Å². The number of nitrogens with one attached hydrogen (secondary N) is 1. The van der Waals surface area contributed by atoms with Crippen LogP contribution in [0.25, 0.3) is 11.1 Å². The first-order valence-corrected chi connectivity index (χ1v) is 8.63. The number of nitrogens with zero attached hydrogens (tertiary/aromatic N) is 1. The Bertz CT molecular complexity index is 833. The summed E-state index contributed by atoms with van der Waals surface area (Å²) in [5.74, 6) is -0.0485. The molecule has 4 N–H and O–H groups in total. The van der Waals surface area contributed by atoms with Crippen LogP contribution in [-0.4, -0.2) is 23.1 Å². The first-order valence-electron chi connectivity index (χ1n) is 8.63. The second kappa shape index (κ2) is 7.17. The van der Waals surface area contributed by atoms with Crippen molar-refractivity contribution in [3.63, 3.8) is 0 Å². The first kappa shape index (κ1) is 17.9. The third-order valence-electron chi connectivity index (χ3n) is 4.84. The molecule has 0 aromatic heterocycles. The maximum Gasteiger partial charge on any atom is 0.405 e. The second-order valence-electron chi connectivity index (χ2n) is 6.65. The average Bonchev–Trinajstić information content (AvgIpc) is 2.60. The fourth-order valence-electron chi connectivity index (χ4n) is 3.64. The molecule has 0 unspecified atom stereocenters. The minimum Gasteiger partial charge on any atom is -0.465 e. The van der Waals surface area contributed by atoms with Crippen LogP contribution in [0.3, 0.4) is 0 Å². The molecule has 0 fully saturated rings. The van der Waals surface area contributed by atoms with Crippen LogP contribution < -0.4 is 16.0 Å². The highest BCUT2D eigenvalue weighted by Gasteiger charge is 2.33. The van der Waals surface area contributed by atoms with E-state index in [2.05, 4.69) is 5.32 Å². The molecule has 2 amide bonds. The van der Waals surface area contributed by atoms with Gasteiger partial charge in [0.15, 0.2) is 0 Å². The maximum absolute atomic E-state index is 12.1. The Balaban J connectivity index is 2.07. The molecule has 136 valence electrons. The number of carbonyl (C=O) groups excluding carboxylic acids is 1. The second-order valence-corrected chi connectivity index (χ2v) is 6.65. The van der Waals surface area contributed by atoms with Crippen LogP contribution in [0.1, 0.15) is 37.4 Å². The number of carboxylic acid groups (broad SMARTS) is 1. The molecule has 0 radical (unpaired) electrons.